The van der Waals surface area contributed by atoms with Crippen molar-refractivity contribution in [2.45, 2.75) is 20.8 Å². The third-order valence-corrected chi connectivity index (χ3v) is 2.41. The van der Waals surface area contributed by atoms with E-state index < -0.39 is 0 Å². The molecule has 0 aliphatic heterocycles. The molecule has 0 heterocycles. The van der Waals surface area contributed by atoms with Crippen molar-refractivity contribution in [3.63, 3.8) is 0 Å². The molecule has 3 amide bonds. The molecule has 108 valence electrons. The normalized spacial score (nSPS) is 10.0. The van der Waals surface area contributed by atoms with E-state index in [2.05, 4.69) is 16.0 Å². The lowest BCUT2D eigenvalue weighted by Gasteiger charge is -2.09. The Morgan fingerprint density at radius 2 is 1.70 bits per heavy atom. The molecule has 1 rings (SSSR count). The summed E-state index contributed by atoms with van der Waals surface area (Å²) in [5.41, 5.74) is 1.15. The van der Waals surface area contributed by atoms with E-state index in [1.165, 1.54) is 6.92 Å². The van der Waals surface area contributed by atoms with E-state index in [1.54, 1.807) is 38.1 Å². The van der Waals surface area contributed by atoms with Gasteiger partial charge < -0.3 is 16.0 Å². The molecular weight excluding hydrogens is 258 g/mol. The van der Waals surface area contributed by atoms with Gasteiger partial charge in [-0.1, -0.05) is 19.9 Å². The third kappa shape index (κ3) is 5.51. The molecule has 20 heavy (non-hydrogen) atoms. The van der Waals surface area contributed by atoms with Crippen molar-refractivity contribution < 1.29 is 14.4 Å². The summed E-state index contributed by atoms with van der Waals surface area (Å²) in [4.78, 5) is 33.9. The Kier molecular flexibility index (Phi) is 5.71. The van der Waals surface area contributed by atoms with Gasteiger partial charge in [0.05, 0.1) is 6.54 Å². The fraction of sp³-hybridized carbons (Fsp3) is 0.357. The molecular formula is C14H19N3O3. The molecule has 0 saturated heterocycles. The number of hydrogen-bond donors (Lipinski definition) is 3. The minimum atomic E-state index is -0.320. The van der Waals surface area contributed by atoms with Crippen molar-refractivity contribution in [3.8, 4) is 0 Å². The number of benzene rings is 1. The molecule has 0 saturated carbocycles. The van der Waals surface area contributed by atoms with Crippen molar-refractivity contribution in [2.24, 2.45) is 5.92 Å². The average Bonchev–Trinajstić information content (AvgIpc) is 2.35. The summed E-state index contributed by atoms with van der Waals surface area (Å²) in [7, 11) is 0. The number of carbonyl (C=O) groups excluding carboxylic acids is 3. The van der Waals surface area contributed by atoms with E-state index in [0.29, 0.717) is 11.4 Å². The third-order valence-electron chi connectivity index (χ3n) is 2.41. The van der Waals surface area contributed by atoms with Gasteiger partial charge in [0.25, 0.3) is 0 Å². The zero-order valence-corrected chi connectivity index (χ0v) is 11.8. The summed E-state index contributed by atoms with van der Waals surface area (Å²) in [6, 6.07) is 6.78. The Morgan fingerprint density at radius 1 is 1.10 bits per heavy atom. The lowest BCUT2D eigenvalue weighted by molar-refractivity contribution is -0.126. The van der Waals surface area contributed by atoms with Gasteiger partial charge in [0, 0.05) is 24.2 Å². The number of anilines is 2. The van der Waals surface area contributed by atoms with Gasteiger partial charge in [-0.25, -0.2) is 0 Å². The van der Waals surface area contributed by atoms with Crippen LogP contribution in [0, 0.1) is 5.92 Å². The van der Waals surface area contributed by atoms with Crippen LogP contribution in [0.5, 0.6) is 0 Å². The molecule has 3 N–H and O–H groups in total. The van der Waals surface area contributed by atoms with E-state index in [-0.39, 0.29) is 30.2 Å². The van der Waals surface area contributed by atoms with E-state index in [4.69, 9.17) is 0 Å². The van der Waals surface area contributed by atoms with Crippen LogP contribution >= 0.6 is 0 Å². The molecule has 0 radical (unpaired) electrons. The Hall–Kier alpha value is -2.37. The van der Waals surface area contributed by atoms with Gasteiger partial charge in [-0.3, -0.25) is 14.4 Å². The first-order valence-electron chi connectivity index (χ1n) is 6.33. The van der Waals surface area contributed by atoms with Gasteiger partial charge in [-0.15, -0.1) is 0 Å². The Balaban J connectivity index is 2.53. The summed E-state index contributed by atoms with van der Waals surface area (Å²) in [6.45, 7) is 4.84. The van der Waals surface area contributed by atoms with Crippen LogP contribution in [0.15, 0.2) is 24.3 Å². The van der Waals surface area contributed by atoms with Crippen LogP contribution in [-0.4, -0.2) is 24.3 Å². The topological polar surface area (TPSA) is 87.3 Å². The molecule has 1 aromatic rings. The van der Waals surface area contributed by atoms with E-state index >= 15 is 0 Å². The van der Waals surface area contributed by atoms with E-state index in [9.17, 15) is 14.4 Å². The molecule has 0 aromatic heterocycles. The highest BCUT2D eigenvalue weighted by atomic mass is 16.2. The monoisotopic (exact) mass is 277 g/mol. The number of carbonyl (C=O) groups is 3. The lowest BCUT2D eigenvalue weighted by Crippen LogP contribution is -2.35. The fourth-order valence-electron chi connectivity index (χ4n) is 1.45. The Labute approximate surface area is 117 Å². The van der Waals surface area contributed by atoms with Gasteiger partial charge in [0.15, 0.2) is 0 Å². The predicted molar refractivity (Wildman–Crippen MR) is 77.2 cm³/mol. The maximum atomic E-state index is 11.7. The van der Waals surface area contributed by atoms with Gasteiger partial charge in [0.1, 0.15) is 0 Å². The first-order valence-corrected chi connectivity index (χ1v) is 6.33. The van der Waals surface area contributed by atoms with Crippen LogP contribution in [0.3, 0.4) is 0 Å². The maximum absolute atomic E-state index is 11.7. The maximum Gasteiger partial charge on any atom is 0.243 e. The number of nitrogens with one attached hydrogen (secondary N) is 3. The van der Waals surface area contributed by atoms with Crippen molar-refractivity contribution in [1.29, 1.82) is 0 Å². The molecule has 0 fully saturated rings. The van der Waals surface area contributed by atoms with Crippen molar-refractivity contribution in [3.05, 3.63) is 24.3 Å². The molecule has 6 nitrogen and oxygen atoms in total. The Bertz CT molecular complexity index is 512. The average molecular weight is 277 g/mol. The van der Waals surface area contributed by atoms with Crippen LogP contribution in [0.4, 0.5) is 11.4 Å². The molecule has 0 atom stereocenters. The molecule has 6 heteroatoms. The minimum Gasteiger partial charge on any atom is -0.347 e. The van der Waals surface area contributed by atoms with E-state index in [0.717, 1.165) is 0 Å². The van der Waals surface area contributed by atoms with Gasteiger partial charge in [-0.05, 0) is 18.2 Å². The largest absolute Gasteiger partial charge is 0.347 e. The summed E-state index contributed by atoms with van der Waals surface area (Å²) in [6.07, 6.45) is 0. The fourth-order valence-corrected chi connectivity index (χ4v) is 1.45. The first kappa shape index (κ1) is 15.7. The quantitative estimate of drug-likeness (QED) is 0.759. The summed E-state index contributed by atoms with van der Waals surface area (Å²) in [5, 5.41) is 7.80. The lowest BCUT2D eigenvalue weighted by atomic mass is 10.2. The van der Waals surface area contributed by atoms with Crippen LogP contribution in [0.1, 0.15) is 20.8 Å². The van der Waals surface area contributed by atoms with Crippen LogP contribution in [-0.2, 0) is 14.4 Å². The number of rotatable bonds is 5. The van der Waals surface area contributed by atoms with Gasteiger partial charge in [0.2, 0.25) is 17.7 Å². The molecule has 1 aromatic carbocycles. The summed E-state index contributed by atoms with van der Waals surface area (Å²) < 4.78 is 0. The SMILES string of the molecule is CC(=O)Nc1cccc(NC(=O)CNC(=O)C(C)C)c1. The smallest absolute Gasteiger partial charge is 0.243 e. The van der Waals surface area contributed by atoms with E-state index in [1.807, 2.05) is 0 Å². The zero-order valence-electron chi connectivity index (χ0n) is 11.8. The molecule has 0 spiro atoms. The molecule has 0 bridgehead atoms. The molecule has 0 aliphatic rings. The second-order valence-corrected chi connectivity index (χ2v) is 4.68. The highest BCUT2D eigenvalue weighted by Crippen LogP contribution is 2.14. The molecule has 0 aliphatic carbocycles. The highest BCUT2D eigenvalue weighted by molar-refractivity contribution is 5.96. The van der Waals surface area contributed by atoms with Gasteiger partial charge in [-0.2, -0.15) is 0 Å². The Morgan fingerprint density at radius 3 is 2.25 bits per heavy atom. The molecule has 0 unspecified atom stereocenters. The first-order chi connectivity index (χ1) is 9.38. The van der Waals surface area contributed by atoms with Crippen molar-refractivity contribution in [2.75, 3.05) is 17.2 Å². The van der Waals surface area contributed by atoms with Crippen LogP contribution < -0.4 is 16.0 Å². The van der Waals surface area contributed by atoms with Crippen molar-refractivity contribution >= 4 is 29.1 Å². The second kappa shape index (κ2) is 7.28. The highest BCUT2D eigenvalue weighted by Gasteiger charge is 2.09. The summed E-state index contributed by atoms with van der Waals surface area (Å²) in [5.74, 6) is -0.838. The van der Waals surface area contributed by atoms with Gasteiger partial charge >= 0.3 is 0 Å². The van der Waals surface area contributed by atoms with Crippen LogP contribution in [0.2, 0.25) is 0 Å². The summed E-state index contributed by atoms with van der Waals surface area (Å²) >= 11 is 0. The second-order valence-electron chi connectivity index (χ2n) is 4.68. The number of amides is 3. The predicted octanol–water partition coefficient (Wildman–Crippen LogP) is 1.36. The van der Waals surface area contributed by atoms with Crippen molar-refractivity contribution in [1.82, 2.24) is 5.32 Å². The zero-order chi connectivity index (χ0) is 15.1. The minimum absolute atomic E-state index is 0.0820. The van der Waals surface area contributed by atoms with Crippen LogP contribution in [0.25, 0.3) is 0 Å². The standard InChI is InChI=1S/C14H19N3O3/c1-9(2)14(20)15-8-13(19)17-12-6-4-5-11(7-12)16-10(3)18/h4-7,9H,8H2,1-3H3,(H,15,20)(H,16,18)(H,17,19). The number of hydrogen-bond acceptors (Lipinski definition) is 3.